The smallest absolute Gasteiger partial charge is 0.273 e. The molecule has 28 heavy (non-hydrogen) atoms. The molecule has 6 heteroatoms. The normalized spacial score (nSPS) is 11.3. The lowest BCUT2D eigenvalue weighted by atomic mass is 10.0. The molecule has 142 valence electrons. The Kier molecular flexibility index (Phi) is 5.24. The molecule has 1 amide bonds. The Morgan fingerprint density at radius 1 is 1.07 bits per heavy atom. The molecule has 0 spiro atoms. The zero-order chi connectivity index (χ0) is 19.7. The summed E-state index contributed by atoms with van der Waals surface area (Å²) in [6, 6.07) is 16.4. The van der Waals surface area contributed by atoms with Gasteiger partial charge in [-0.25, -0.2) is 9.97 Å². The predicted molar refractivity (Wildman–Crippen MR) is 117 cm³/mol. The van der Waals surface area contributed by atoms with Crippen molar-refractivity contribution >= 4 is 38.8 Å². The van der Waals surface area contributed by atoms with Gasteiger partial charge in [-0.2, -0.15) is 0 Å². The summed E-state index contributed by atoms with van der Waals surface area (Å²) in [6.45, 7) is 4.83. The van der Waals surface area contributed by atoms with Gasteiger partial charge in [0, 0.05) is 18.0 Å². The average Bonchev–Trinajstić information content (AvgIpc) is 3.34. The van der Waals surface area contributed by atoms with Crippen LogP contribution in [0.2, 0.25) is 0 Å². The van der Waals surface area contributed by atoms with Crippen molar-refractivity contribution in [2.75, 3.05) is 7.05 Å². The number of hydrogen-bond acceptors (Lipinski definition) is 5. The monoisotopic (exact) mass is 407 g/mol. The predicted octanol–water partition coefficient (Wildman–Crippen LogP) is 5.82. The Morgan fingerprint density at radius 2 is 1.82 bits per heavy atom. The van der Waals surface area contributed by atoms with Gasteiger partial charge in [-0.15, -0.1) is 22.7 Å². The van der Waals surface area contributed by atoms with E-state index in [9.17, 15) is 4.79 Å². The van der Waals surface area contributed by atoms with Crippen LogP contribution in [-0.2, 0) is 6.54 Å². The van der Waals surface area contributed by atoms with Crippen molar-refractivity contribution in [3.05, 3.63) is 70.2 Å². The van der Waals surface area contributed by atoms with Gasteiger partial charge >= 0.3 is 0 Å². The summed E-state index contributed by atoms with van der Waals surface area (Å²) < 4.78 is 1.14. The maximum Gasteiger partial charge on any atom is 0.273 e. The van der Waals surface area contributed by atoms with Crippen LogP contribution < -0.4 is 0 Å². The third kappa shape index (κ3) is 3.84. The summed E-state index contributed by atoms with van der Waals surface area (Å²) in [4.78, 5) is 23.7. The van der Waals surface area contributed by atoms with Crippen LogP contribution >= 0.6 is 22.7 Å². The molecule has 0 N–H and O–H groups in total. The summed E-state index contributed by atoms with van der Waals surface area (Å²) in [5, 5.41) is 3.63. The van der Waals surface area contributed by atoms with Crippen LogP contribution in [0.1, 0.15) is 40.8 Å². The first kappa shape index (κ1) is 18.8. The number of carbonyl (C=O) groups excluding carboxylic acids is 1. The highest BCUT2D eigenvalue weighted by atomic mass is 32.1. The van der Waals surface area contributed by atoms with Crippen molar-refractivity contribution < 1.29 is 4.79 Å². The largest absolute Gasteiger partial charge is 0.334 e. The van der Waals surface area contributed by atoms with E-state index in [2.05, 4.69) is 54.1 Å². The van der Waals surface area contributed by atoms with E-state index < -0.39 is 0 Å². The third-order valence-corrected chi connectivity index (χ3v) is 6.52. The third-order valence-electron chi connectivity index (χ3n) is 4.60. The quantitative estimate of drug-likeness (QED) is 0.419. The highest BCUT2D eigenvalue weighted by molar-refractivity contribution is 7.18. The zero-order valence-electron chi connectivity index (χ0n) is 16.0. The Balaban J connectivity index is 1.48. The van der Waals surface area contributed by atoms with Gasteiger partial charge in [0.1, 0.15) is 15.7 Å². The van der Waals surface area contributed by atoms with Crippen LogP contribution in [0.25, 0.3) is 20.8 Å². The van der Waals surface area contributed by atoms with E-state index in [1.54, 1.807) is 23.3 Å². The molecule has 0 saturated heterocycles. The van der Waals surface area contributed by atoms with E-state index in [-0.39, 0.29) is 5.91 Å². The van der Waals surface area contributed by atoms with Crippen LogP contribution in [0.3, 0.4) is 0 Å². The number of carbonyl (C=O) groups is 1. The van der Waals surface area contributed by atoms with Gasteiger partial charge in [0.05, 0.1) is 16.8 Å². The van der Waals surface area contributed by atoms with Crippen LogP contribution in [-0.4, -0.2) is 27.8 Å². The van der Waals surface area contributed by atoms with Gasteiger partial charge in [-0.05, 0) is 23.6 Å². The molecule has 0 aliphatic rings. The van der Waals surface area contributed by atoms with E-state index >= 15 is 0 Å². The van der Waals surface area contributed by atoms with Crippen molar-refractivity contribution in [1.29, 1.82) is 0 Å². The molecule has 4 aromatic rings. The molecule has 2 heterocycles. The minimum absolute atomic E-state index is 0.0828. The first-order valence-electron chi connectivity index (χ1n) is 9.17. The van der Waals surface area contributed by atoms with Gasteiger partial charge in [-0.1, -0.05) is 50.2 Å². The van der Waals surface area contributed by atoms with Crippen LogP contribution in [0, 0.1) is 0 Å². The number of fused-ring (bicyclic) bond motifs is 1. The van der Waals surface area contributed by atoms with Crippen molar-refractivity contribution in [3.63, 3.8) is 0 Å². The summed E-state index contributed by atoms with van der Waals surface area (Å²) in [6.07, 6.45) is 0. The molecule has 0 bridgehead atoms. The maximum atomic E-state index is 12.8. The second kappa shape index (κ2) is 7.81. The topological polar surface area (TPSA) is 46.1 Å². The molecule has 0 fully saturated rings. The average molecular weight is 408 g/mol. The minimum atomic E-state index is -0.0828. The molecule has 0 aliphatic heterocycles. The molecule has 2 aromatic carbocycles. The number of benzene rings is 2. The highest BCUT2D eigenvalue weighted by Crippen LogP contribution is 2.27. The van der Waals surface area contributed by atoms with E-state index in [1.807, 2.05) is 23.6 Å². The molecule has 0 atom stereocenters. The van der Waals surface area contributed by atoms with Gasteiger partial charge in [0.15, 0.2) is 0 Å². The lowest BCUT2D eigenvalue weighted by Crippen LogP contribution is -2.26. The summed E-state index contributed by atoms with van der Waals surface area (Å²) >= 11 is 3.12. The molecule has 2 aromatic heterocycles. The van der Waals surface area contributed by atoms with Gasteiger partial charge in [0.2, 0.25) is 0 Å². The van der Waals surface area contributed by atoms with Crippen LogP contribution in [0.4, 0.5) is 0 Å². The Morgan fingerprint density at radius 3 is 2.54 bits per heavy atom. The first-order valence-corrected chi connectivity index (χ1v) is 10.9. The van der Waals surface area contributed by atoms with Gasteiger partial charge < -0.3 is 4.90 Å². The Bertz CT molecular complexity index is 1080. The number of para-hydroxylation sites is 1. The van der Waals surface area contributed by atoms with Crippen LogP contribution in [0.5, 0.6) is 0 Å². The molecule has 0 aliphatic carbocycles. The molecular formula is C22H21N3OS2. The van der Waals surface area contributed by atoms with E-state index in [4.69, 9.17) is 0 Å². The van der Waals surface area contributed by atoms with E-state index in [0.717, 1.165) is 25.8 Å². The lowest BCUT2D eigenvalue weighted by Gasteiger charge is -2.13. The lowest BCUT2D eigenvalue weighted by molar-refractivity contribution is 0.0780. The Hall–Kier alpha value is -2.57. The van der Waals surface area contributed by atoms with Crippen molar-refractivity contribution in [3.8, 4) is 10.6 Å². The number of thiazole rings is 2. The maximum absolute atomic E-state index is 12.8. The molecule has 0 radical (unpaired) electrons. The molecule has 0 saturated carbocycles. The second-order valence-corrected chi connectivity index (χ2v) is 9.02. The fraction of sp³-hybridized carbons (Fsp3) is 0.227. The standard InChI is InChI=1S/C22H21N3OS2/c1-14(2)15-8-10-16(11-9-15)21-24-18(13-27-21)22(26)25(3)12-20-23-17-6-4-5-7-19(17)28-20/h4-11,13-14H,12H2,1-3H3. The zero-order valence-corrected chi connectivity index (χ0v) is 17.7. The summed E-state index contributed by atoms with van der Waals surface area (Å²) in [7, 11) is 1.80. The Labute approximate surface area is 172 Å². The number of aromatic nitrogens is 2. The number of amides is 1. The number of hydrogen-bond donors (Lipinski definition) is 0. The highest BCUT2D eigenvalue weighted by Gasteiger charge is 2.18. The number of rotatable bonds is 5. The van der Waals surface area contributed by atoms with Crippen molar-refractivity contribution in [1.82, 2.24) is 14.9 Å². The molecular weight excluding hydrogens is 386 g/mol. The van der Waals surface area contributed by atoms with Gasteiger partial charge in [-0.3, -0.25) is 4.79 Å². The van der Waals surface area contributed by atoms with E-state index in [1.165, 1.54) is 16.9 Å². The number of nitrogens with zero attached hydrogens (tertiary/aromatic N) is 3. The fourth-order valence-electron chi connectivity index (χ4n) is 2.97. The minimum Gasteiger partial charge on any atom is -0.334 e. The van der Waals surface area contributed by atoms with Crippen molar-refractivity contribution in [2.45, 2.75) is 26.3 Å². The van der Waals surface area contributed by atoms with Crippen LogP contribution in [0.15, 0.2) is 53.9 Å². The van der Waals surface area contributed by atoms with E-state index in [0.29, 0.717) is 18.2 Å². The molecule has 0 unspecified atom stereocenters. The molecule has 4 nitrogen and oxygen atoms in total. The van der Waals surface area contributed by atoms with Crippen molar-refractivity contribution in [2.24, 2.45) is 0 Å². The first-order chi connectivity index (χ1) is 13.5. The fourth-order valence-corrected chi connectivity index (χ4v) is 4.79. The summed E-state index contributed by atoms with van der Waals surface area (Å²) in [5.74, 6) is 0.416. The second-order valence-electron chi connectivity index (χ2n) is 7.05. The van der Waals surface area contributed by atoms with Gasteiger partial charge in [0.25, 0.3) is 5.91 Å². The summed E-state index contributed by atoms with van der Waals surface area (Å²) in [5.41, 5.74) is 3.80. The SMILES string of the molecule is CC(C)c1ccc(-c2nc(C(=O)N(C)Cc3nc4ccccc4s3)cs2)cc1. The molecule has 4 rings (SSSR count).